The van der Waals surface area contributed by atoms with Crippen molar-refractivity contribution in [2.24, 2.45) is 23.2 Å². The Kier molecular flexibility index (Phi) is 14.1. The first-order chi connectivity index (χ1) is 28.1. The van der Waals surface area contributed by atoms with Crippen LogP contribution >= 0.6 is 0 Å². The molecule has 2 aliphatic carbocycles. The molecule has 0 bridgehead atoms. The lowest BCUT2D eigenvalue weighted by Gasteiger charge is -2.38. The number of carbonyl (C=O) groups excluding carboxylic acids is 7. The second-order valence-corrected chi connectivity index (χ2v) is 18.0. The molecule has 1 saturated heterocycles. The average Bonchev–Trinajstić information content (AvgIpc) is 3.48. The molecule has 2 aromatic carbocycles. The second-order valence-electron chi connectivity index (χ2n) is 18.0. The van der Waals surface area contributed by atoms with Crippen molar-refractivity contribution in [1.29, 1.82) is 0 Å². The van der Waals surface area contributed by atoms with Gasteiger partial charge >= 0.3 is 6.09 Å². The maximum atomic E-state index is 14.5. The number of ether oxygens (including phenoxy) is 1. The predicted octanol–water partition coefficient (Wildman–Crippen LogP) is 3.94. The van der Waals surface area contributed by atoms with Crippen molar-refractivity contribution in [2.75, 3.05) is 27.2 Å². The second kappa shape index (κ2) is 18.5. The number of nitrogens with one attached hydrogen (secondary N) is 4. The van der Waals surface area contributed by atoms with Crippen molar-refractivity contribution in [1.82, 2.24) is 31.1 Å². The van der Waals surface area contributed by atoms with E-state index in [1.807, 2.05) is 44.2 Å². The van der Waals surface area contributed by atoms with Crippen LogP contribution in [-0.2, 0) is 39.9 Å². The Balaban J connectivity index is 1.34. The summed E-state index contributed by atoms with van der Waals surface area (Å²) in [5.41, 5.74) is 0.0755. The van der Waals surface area contributed by atoms with Gasteiger partial charge in [-0.1, -0.05) is 74.5 Å². The van der Waals surface area contributed by atoms with E-state index in [9.17, 15) is 42.3 Å². The standard InChI is InChI=1S/C44H58F2N6O8/c1-42(2,3)60-41(59)50-34(28-20-22-44(45,46)23-21-28)40(58)52-25-29-32(43(29,4)5)35(52)37(55)48-30(19-18-26-14-10-8-11-15-26)36(54)38(56)47-24-31(53)49-33(39(57)51(6)7)27-16-12-9-13-17-27/h8-17,28-30,32-35H,18-25H2,1-7H3,(H,47,56)(H,48,55)(H,49,53)(H,50,59)/t29-,30?,32-,33+,34?,35?/m1/s1. The third-order valence-corrected chi connectivity index (χ3v) is 11.9. The summed E-state index contributed by atoms with van der Waals surface area (Å²) < 4.78 is 34.0. The molecule has 3 fully saturated rings. The number of likely N-dealkylation sites (tertiary alicyclic amines) is 1. The van der Waals surface area contributed by atoms with Gasteiger partial charge in [0.05, 0.1) is 12.6 Å². The molecule has 6 atom stereocenters. The summed E-state index contributed by atoms with van der Waals surface area (Å²) in [5, 5.41) is 10.3. The van der Waals surface area contributed by atoms with Gasteiger partial charge in [0.2, 0.25) is 35.3 Å². The number of benzene rings is 2. The quantitative estimate of drug-likeness (QED) is 0.195. The number of hydrogen-bond acceptors (Lipinski definition) is 8. The van der Waals surface area contributed by atoms with E-state index in [1.165, 1.54) is 9.80 Å². The van der Waals surface area contributed by atoms with Crippen molar-refractivity contribution in [3.8, 4) is 0 Å². The van der Waals surface area contributed by atoms with Gasteiger partial charge in [0.25, 0.3) is 5.91 Å². The van der Waals surface area contributed by atoms with Gasteiger partial charge in [-0.2, -0.15) is 0 Å². The van der Waals surface area contributed by atoms with Crippen molar-refractivity contribution in [2.45, 2.75) is 109 Å². The number of nitrogens with zero attached hydrogens (tertiary/aromatic N) is 2. The number of likely N-dealkylation sites (N-methyl/N-ethyl adjacent to an activating group) is 1. The first kappa shape index (κ1) is 45.7. The number of hydrogen-bond donors (Lipinski definition) is 4. The van der Waals surface area contributed by atoms with E-state index in [1.54, 1.807) is 65.2 Å². The first-order valence-electron chi connectivity index (χ1n) is 20.5. The maximum absolute atomic E-state index is 14.5. The molecule has 60 heavy (non-hydrogen) atoms. The molecular weight excluding hydrogens is 779 g/mol. The number of rotatable bonds is 15. The average molecular weight is 837 g/mol. The Hall–Kier alpha value is -5.41. The summed E-state index contributed by atoms with van der Waals surface area (Å²) in [5.74, 6) is -8.58. The molecule has 3 aliphatic rings. The Labute approximate surface area is 349 Å². The molecular formula is C44H58F2N6O8. The number of ketones is 1. The molecule has 0 spiro atoms. The number of aryl methyl sites for hydroxylation is 1. The van der Waals surface area contributed by atoms with Gasteiger partial charge in [0, 0.05) is 33.5 Å². The van der Waals surface area contributed by atoms with E-state index in [0.29, 0.717) is 5.56 Å². The summed E-state index contributed by atoms with van der Waals surface area (Å²) >= 11 is 0. The largest absolute Gasteiger partial charge is 0.444 e. The number of carbonyl (C=O) groups is 7. The monoisotopic (exact) mass is 836 g/mol. The van der Waals surface area contributed by atoms with Crippen LogP contribution in [0.4, 0.5) is 13.6 Å². The molecule has 2 saturated carbocycles. The third kappa shape index (κ3) is 11.2. The number of amides is 6. The van der Waals surface area contributed by atoms with Crippen molar-refractivity contribution in [3.05, 3.63) is 71.8 Å². The number of piperidine rings is 1. The lowest BCUT2D eigenvalue weighted by atomic mass is 9.81. The van der Waals surface area contributed by atoms with Crippen LogP contribution in [-0.4, -0.2) is 108 Å². The van der Waals surface area contributed by atoms with Gasteiger partial charge in [0.1, 0.15) is 23.7 Å². The number of halogens is 2. The predicted molar refractivity (Wildman–Crippen MR) is 217 cm³/mol. The molecule has 3 unspecified atom stereocenters. The summed E-state index contributed by atoms with van der Waals surface area (Å²) in [7, 11) is 3.08. The highest BCUT2D eigenvalue weighted by molar-refractivity contribution is 6.38. The molecule has 5 rings (SSSR count). The highest BCUT2D eigenvalue weighted by atomic mass is 19.3. The Morgan fingerprint density at radius 2 is 1.48 bits per heavy atom. The number of Topliss-reactive ketones (excluding diaryl/α,β-unsaturated/α-hetero) is 1. The minimum Gasteiger partial charge on any atom is -0.444 e. The summed E-state index contributed by atoms with van der Waals surface area (Å²) in [6.07, 6.45) is -1.61. The van der Waals surface area contributed by atoms with E-state index in [2.05, 4.69) is 21.3 Å². The lowest BCUT2D eigenvalue weighted by molar-refractivity contribution is -0.145. The first-order valence-corrected chi connectivity index (χ1v) is 20.5. The van der Waals surface area contributed by atoms with Crippen LogP contribution in [0.5, 0.6) is 0 Å². The van der Waals surface area contributed by atoms with Gasteiger partial charge in [-0.3, -0.25) is 28.8 Å². The fourth-order valence-corrected chi connectivity index (χ4v) is 8.49. The number of fused-ring (bicyclic) bond motifs is 1. The molecule has 2 aromatic rings. The van der Waals surface area contributed by atoms with E-state index >= 15 is 0 Å². The van der Waals surface area contributed by atoms with Gasteiger partial charge in [-0.25, -0.2) is 13.6 Å². The zero-order chi connectivity index (χ0) is 44.2. The molecule has 6 amide bonds. The lowest BCUT2D eigenvalue weighted by Crippen LogP contribution is -2.60. The molecule has 326 valence electrons. The van der Waals surface area contributed by atoms with Gasteiger partial charge in [-0.15, -0.1) is 0 Å². The van der Waals surface area contributed by atoms with Crippen molar-refractivity contribution in [3.63, 3.8) is 0 Å². The molecule has 1 heterocycles. The maximum Gasteiger partial charge on any atom is 0.408 e. The molecule has 4 N–H and O–H groups in total. The van der Waals surface area contributed by atoms with Gasteiger partial charge in [0.15, 0.2) is 0 Å². The fourth-order valence-electron chi connectivity index (χ4n) is 8.49. The molecule has 16 heteroatoms. The SMILES string of the molecule is CN(C)C(=O)[C@@H](NC(=O)CNC(=O)C(=O)C(CCc1ccccc1)NC(=O)C1[C@H]2[C@@H](CN1C(=O)C(NC(=O)OC(C)(C)C)C1CCC(F)(F)CC1)C2(C)C)c1ccccc1. The van der Waals surface area contributed by atoms with Crippen molar-refractivity contribution < 1.29 is 47.1 Å². The third-order valence-electron chi connectivity index (χ3n) is 11.9. The fraction of sp³-hybridized carbons (Fsp3) is 0.568. The molecule has 0 aromatic heterocycles. The van der Waals surface area contributed by atoms with Crippen molar-refractivity contribution >= 4 is 41.4 Å². The molecule has 14 nitrogen and oxygen atoms in total. The minimum atomic E-state index is -2.90. The highest BCUT2D eigenvalue weighted by Crippen LogP contribution is 2.65. The molecule has 0 radical (unpaired) electrons. The smallest absolute Gasteiger partial charge is 0.408 e. The zero-order valence-corrected chi connectivity index (χ0v) is 35.4. The zero-order valence-electron chi connectivity index (χ0n) is 35.4. The van der Waals surface area contributed by atoms with E-state index < -0.39 is 102 Å². The Morgan fingerprint density at radius 3 is 2.07 bits per heavy atom. The minimum absolute atomic E-state index is 0.00111. The van der Waals surface area contributed by atoms with Crippen LogP contribution in [0.25, 0.3) is 0 Å². The number of alkyl halides is 2. The summed E-state index contributed by atoms with van der Waals surface area (Å²) in [4.78, 5) is 98.0. The molecule has 1 aliphatic heterocycles. The van der Waals surface area contributed by atoms with Crippen LogP contribution < -0.4 is 21.3 Å². The topological polar surface area (TPSA) is 183 Å². The summed E-state index contributed by atoms with van der Waals surface area (Å²) in [6, 6.07) is 12.9. The van der Waals surface area contributed by atoms with E-state index in [4.69, 9.17) is 4.74 Å². The van der Waals surface area contributed by atoms with Gasteiger partial charge < -0.3 is 35.8 Å². The van der Waals surface area contributed by atoms with Crippen LogP contribution in [0.3, 0.4) is 0 Å². The Morgan fingerprint density at radius 1 is 0.883 bits per heavy atom. The van der Waals surface area contributed by atoms with E-state index in [-0.39, 0.29) is 49.5 Å². The van der Waals surface area contributed by atoms with Crippen LogP contribution in [0.1, 0.15) is 83.9 Å². The summed E-state index contributed by atoms with van der Waals surface area (Å²) in [6.45, 7) is 8.41. The normalized spacial score (nSPS) is 21.9. The van der Waals surface area contributed by atoms with Gasteiger partial charge in [-0.05, 0) is 80.8 Å². The van der Waals surface area contributed by atoms with Crippen LogP contribution in [0.15, 0.2) is 60.7 Å². The van der Waals surface area contributed by atoms with E-state index in [0.717, 1.165) is 5.56 Å². The highest BCUT2D eigenvalue weighted by Gasteiger charge is 2.70. The van der Waals surface area contributed by atoms with Crippen LogP contribution in [0, 0.1) is 23.2 Å². The Bertz CT molecular complexity index is 1910. The van der Waals surface area contributed by atoms with Crippen LogP contribution in [0.2, 0.25) is 0 Å². The number of alkyl carbamates (subject to hydrolysis) is 1.